The fourth-order valence-corrected chi connectivity index (χ4v) is 2.99. The summed E-state index contributed by atoms with van der Waals surface area (Å²) in [5, 5.41) is 8.19. The molecule has 0 aliphatic carbocycles. The van der Waals surface area contributed by atoms with Crippen LogP contribution in [0, 0.1) is 0 Å². The maximum absolute atomic E-state index is 6.05. The van der Waals surface area contributed by atoms with Crippen LogP contribution in [-0.2, 0) is 17.4 Å². The molecule has 0 amide bonds. The highest BCUT2D eigenvalue weighted by molar-refractivity contribution is 9.10. The van der Waals surface area contributed by atoms with Crippen LogP contribution in [0.5, 0.6) is 0 Å². The summed E-state index contributed by atoms with van der Waals surface area (Å²) in [4.78, 5) is 0. The molecule has 1 unspecified atom stereocenters. The van der Waals surface area contributed by atoms with E-state index in [9.17, 15) is 0 Å². The smallest absolute Gasteiger partial charge is 0.169 e. The molecule has 1 aromatic heterocycles. The van der Waals surface area contributed by atoms with E-state index in [4.69, 9.17) is 4.74 Å². The number of hydrogen-bond donors (Lipinski definition) is 0. The zero-order chi connectivity index (χ0) is 12.8. The molecule has 4 nitrogen and oxygen atoms in total. The Bertz CT molecular complexity index is 575. The first-order valence-electron chi connectivity index (χ1n) is 5.90. The van der Waals surface area contributed by atoms with Gasteiger partial charge in [0.1, 0.15) is 6.33 Å². The maximum atomic E-state index is 6.05. The van der Waals surface area contributed by atoms with Crippen molar-refractivity contribution in [3.8, 4) is 0 Å². The second-order valence-corrected chi connectivity index (χ2v) is 5.65. The standard InChI is InChI=1S/C13H14BrN3O/c1-9-7-13(18-9,12-16-15-8-17(12)2)10-4-3-5-11(14)6-10/h3-6,8-9H,7H2,1-2H3/t9?,13-/m1/s1. The first kappa shape index (κ1) is 11.9. The van der Waals surface area contributed by atoms with Crippen LogP contribution < -0.4 is 0 Å². The van der Waals surface area contributed by atoms with Gasteiger partial charge in [-0.3, -0.25) is 0 Å². The Morgan fingerprint density at radius 1 is 1.50 bits per heavy atom. The Hall–Kier alpha value is -1.20. The molecule has 1 aromatic carbocycles. The monoisotopic (exact) mass is 307 g/mol. The Morgan fingerprint density at radius 2 is 2.28 bits per heavy atom. The second-order valence-electron chi connectivity index (χ2n) is 4.74. The zero-order valence-electron chi connectivity index (χ0n) is 10.3. The molecule has 0 spiro atoms. The van der Waals surface area contributed by atoms with E-state index in [0.717, 1.165) is 22.3 Å². The lowest BCUT2D eigenvalue weighted by molar-refractivity contribution is -0.184. The van der Waals surface area contributed by atoms with Gasteiger partial charge in [-0.2, -0.15) is 0 Å². The lowest BCUT2D eigenvalue weighted by Crippen LogP contribution is -2.49. The van der Waals surface area contributed by atoms with Gasteiger partial charge in [0, 0.05) is 17.9 Å². The predicted octanol–water partition coefficient (Wildman–Crippen LogP) is 2.63. The minimum absolute atomic E-state index is 0.251. The van der Waals surface area contributed by atoms with Crippen LogP contribution in [0.15, 0.2) is 35.1 Å². The molecule has 0 saturated carbocycles. The van der Waals surface area contributed by atoms with Crippen molar-refractivity contribution >= 4 is 15.9 Å². The quantitative estimate of drug-likeness (QED) is 0.856. The van der Waals surface area contributed by atoms with Gasteiger partial charge >= 0.3 is 0 Å². The van der Waals surface area contributed by atoms with E-state index in [-0.39, 0.29) is 6.10 Å². The maximum Gasteiger partial charge on any atom is 0.169 e. The molecular formula is C13H14BrN3O. The van der Waals surface area contributed by atoms with Gasteiger partial charge in [-0.25, -0.2) is 0 Å². The van der Waals surface area contributed by atoms with Crippen LogP contribution in [0.1, 0.15) is 24.7 Å². The molecule has 1 aliphatic heterocycles. The molecule has 1 aliphatic rings. The molecule has 5 heteroatoms. The van der Waals surface area contributed by atoms with Crippen molar-refractivity contribution < 1.29 is 4.74 Å². The van der Waals surface area contributed by atoms with Crippen molar-refractivity contribution in [3.05, 3.63) is 46.5 Å². The van der Waals surface area contributed by atoms with Gasteiger partial charge in [-0.1, -0.05) is 28.1 Å². The summed E-state index contributed by atoms with van der Waals surface area (Å²) < 4.78 is 9.02. The van der Waals surface area contributed by atoms with E-state index in [1.807, 2.05) is 23.7 Å². The Kier molecular flexibility index (Phi) is 2.75. The Balaban J connectivity index is 2.11. The number of nitrogens with zero attached hydrogens (tertiary/aromatic N) is 3. The number of rotatable bonds is 2. The van der Waals surface area contributed by atoms with Crippen LogP contribution in [-0.4, -0.2) is 20.9 Å². The summed E-state index contributed by atoms with van der Waals surface area (Å²) in [5.41, 5.74) is 0.667. The third kappa shape index (κ3) is 1.69. The third-order valence-corrected chi connectivity index (χ3v) is 3.83. The predicted molar refractivity (Wildman–Crippen MR) is 71.1 cm³/mol. The molecule has 0 radical (unpaired) electrons. The number of ether oxygens (including phenoxy) is 1. The molecular weight excluding hydrogens is 294 g/mol. The summed E-state index contributed by atoms with van der Waals surface area (Å²) in [6.07, 6.45) is 2.89. The molecule has 2 atom stereocenters. The topological polar surface area (TPSA) is 39.9 Å². The van der Waals surface area contributed by atoms with Crippen molar-refractivity contribution in [3.63, 3.8) is 0 Å². The second kappa shape index (κ2) is 4.17. The fourth-order valence-electron chi connectivity index (χ4n) is 2.59. The first-order valence-corrected chi connectivity index (χ1v) is 6.69. The van der Waals surface area contributed by atoms with Crippen LogP contribution in [0.2, 0.25) is 0 Å². The van der Waals surface area contributed by atoms with E-state index in [1.54, 1.807) is 6.33 Å². The van der Waals surface area contributed by atoms with Crippen LogP contribution >= 0.6 is 15.9 Å². The van der Waals surface area contributed by atoms with Gasteiger partial charge in [0.05, 0.1) is 6.10 Å². The minimum Gasteiger partial charge on any atom is -0.359 e. The van der Waals surface area contributed by atoms with E-state index < -0.39 is 5.60 Å². The first-order chi connectivity index (χ1) is 8.62. The average molecular weight is 308 g/mol. The molecule has 1 fully saturated rings. The van der Waals surface area contributed by atoms with Crippen LogP contribution in [0.4, 0.5) is 0 Å². The van der Waals surface area contributed by atoms with Gasteiger partial charge < -0.3 is 9.30 Å². The molecule has 18 heavy (non-hydrogen) atoms. The normalized spacial score (nSPS) is 26.9. The van der Waals surface area contributed by atoms with E-state index in [2.05, 4.69) is 45.2 Å². The molecule has 3 rings (SSSR count). The zero-order valence-corrected chi connectivity index (χ0v) is 11.9. The molecule has 0 N–H and O–H groups in total. The Morgan fingerprint density at radius 3 is 2.83 bits per heavy atom. The van der Waals surface area contributed by atoms with E-state index >= 15 is 0 Å². The number of halogens is 1. The minimum atomic E-state index is -0.450. The number of aromatic nitrogens is 3. The van der Waals surface area contributed by atoms with Crippen molar-refractivity contribution in [2.45, 2.75) is 25.0 Å². The van der Waals surface area contributed by atoms with Gasteiger partial charge in [0.25, 0.3) is 0 Å². The SMILES string of the molecule is CC1C[C@@](c2cccc(Br)c2)(c2nncn2C)O1. The summed E-state index contributed by atoms with van der Waals surface area (Å²) in [7, 11) is 1.95. The van der Waals surface area contributed by atoms with E-state index in [0.29, 0.717) is 0 Å². The lowest BCUT2D eigenvalue weighted by Gasteiger charge is -2.45. The molecule has 2 heterocycles. The summed E-state index contributed by atoms with van der Waals surface area (Å²) in [5.74, 6) is 0.860. The number of benzene rings is 1. The van der Waals surface area contributed by atoms with Crippen molar-refractivity contribution in [2.75, 3.05) is 0 Å². The highest BCUT2D eigenvalue weighted by Gasteiger charge is 2.49. The van der Waals surface area contributed by atoms with Crippen LogP contribution in [0.3, 0.4) is 0 Å². The van der Waals surface area contributed by atoms with Gasteiger partial charge in [-0.05, 0) is 24.6 Å². The molecule has 0 bridgehead atoms. The van der Waals surface area contributed by atoms with Gasteiger partial charge in [-0.15, -0.1) is 10.2 Å². The highest BCUT2D eigenvalue weighted by Crippen LogP contribution is 2.46. The van der Waals surface area contributed by atoms with Crippen molar-refractivity contribution in [1.82, 2.24) is 14.8 Å². The largest absolute Gasteiger partial charge is 0.359 e. The third-order valence-electron chi connectivity index (χ3n) is 3.34. The van der Waals surface area contributed by atoms with Crippen molar-refractivity contribution in [1.29, 1.82) is 0 Å². The number of hydrogen-bond acceptors (Lipinski definition) is 3. The summed E-state index contributed by atoms with van der Waals surface area (Å²) in [6, 6.07) is 8.19. The van der Waals surface area contributed by atoms with Crippen LogP contribution in [0.25, 0.3) is 0 Å². The summed E-state index contributed by atoms with van der Waals surface area (Å²) >= 11 is 3.51. The average Bonchev–Trinajstić information content (AvgIpc) is 2.71. The fraction of sp³-hybridized carbons (Fsp3) is 0.385. The van der Waals surface area contributed by atoms with Crippen molar-refractivity contribution in [2.24, 2.45) is 7.05 Å². The Labute approximate surface area is 114 Å². The van der Waals surface area contributed by atoms with E-state index in [1.165, 1.54) is 0 Å². The molecule has 2 aromatic rings. The lowest BCUT2D eigenvalue weighted by atomic mass is 9.82. The van der Waals surface area contributed by atoms with Gasteiger partial charge in [0.2, 0.25) is 0 Å². The molecule has 94 valence electrons. The molecule has 1 saturated heterocycles. The highest BCUT2D eigenvalue weighted by atomic mass is 79.9. The van der Waals surface area contributed by atoms with Gasteiger partial charge in [0.15, 0.2) is 11.4 Å². The summed E-state index contributed by atoms with van der Waals surface area (Å²) in [6.45, 7) is 2.08. The number of aryl methyl sites for hydroxylation is 1.